The van der Waals surface area contributed by atoms with Gasteiger partial charge in [0, 0.05) is 19.4 Å². The first-order valence-electron chi connectivity index (χ1n) is 1.93. The summed E-state index contributed by atoms with van der Waals surface area (Å²) >= 11 is 3.22. The molecule has 2 nitrogen and oxygen atoms in total. The maximum absolute atomic E-state index is 3.90. The molecule has 4 heteroatoms. The van der Waals surface area contributed by atoms with Crippen LogP contribution >= 0.6 is 32.9 Å². The summed E-state index contributed by atoms with van der Waals surface area (Å²) in [5.41, 5.74) is 0. The van der Waals surface area contributed by atoms with Crippen LogP contribution in [0.4, 0.5) is 0 Å². The Bertz CT molecular complexity index is 144. The molecule has 0 unspecified atom stereocenters. The first-order chi connectivity index (χ1) is 3.30. The van der Waals surface area contributed by atoms with Crippen molar-refractivity contribution in [3.05, 3.63) is 17.1 Å². The van der Waals surface area contributed by atoms with Gasteiger partial charge in [0.2, 0.25) is 0 Å². The van der Waals surface area contributed by atoms with Gasteiger partial charge in [-0.25, -0.2) is 4.98 Å². The highest BCUT2D eigenvalue weighted by atomic mass is 79.9. The molecule has 0 bridgehead atoms. The van der Waals surface area contributed by atoms with Crippen molar-refractivity contribution in [3.8, 4) is 0 Å². The van der Waals surface area contributed by atoms with Gasteiger partial charge in [0.25, 0.3) is 0 Å². The molecule has 1 aromatic heterocycles. The van der Waals surface area contributed by atoms with Gasteiger partial charge in [-0.05, 0) is 15.9 Å². The lowest BCUT2D eigenvalue weighted by Gasteiger charge is -1.85. The van der Waals surface area contributed by atoms with Gasteiger partial charge in [-0.2, -0.15) is 0 Å². The van der Waals surface area contributed by atoms with Crippen molar-refractivity contribution in [1.29, 1.82) is 0 Å². The molecule has 0 atom stereocenters. The predicted octanol–water partition coefficient (Wildman–Crippen LogP) is 1.76. The van der Waals surface area contributed by atoms with Crippen molar-refractivity contribution >= 4 is 32.9 Å². The fourth-order valence-corrected chi connectivity index (χ4v) is 0.584. The van der Waals surface area contributed by atoms with Crippen LogP contribution in [0.1, 0.15) is 0 Å². The maximum atomic E-state index is 3.90. The summed E-state index contributed by atoms with van der Waals surface area (Å²) in [6.07, 6.45) is 3.62. The highest BCUT2D eigenvalue weighted by Crippen LogP contribution is 2.01. The zero-order chi connectivity index (χ0) is 5.28. The Morgan fingerprint density at radius 3 is 2.50 bits per heavy atom. The summed E-state index contributed by atoms with van der Waals surface area (Å²) in [6.45, 7) is 0. The normalized spacial score (nSPS) is 8.25. The fraction of sp³-hybridized carbons (Fsp3) is 0.250. The third-order valence-corrected chi connectivity index (χ3v) is 1.53. The topological polar surface area (TPSA) is 17.8 Å². The van der Waals surface area contributed by atoms with E-state index in [0.717, 1.165) is 4.73 Å². The second-order valence-electron chi connectivity index (χ2n) is 1.31. The molecule has 1 rings (SSSR count). The van der Waals surface area contributed by atoms with E-state index in [1.165, 1.54) is 0 Å². The molecule has 0 aromatic carbocycles. The minimum absolute atomic E-state index is 0. The minimum Gasteiger partial charge on any atom is -0.329 e. The van der Waals surface area contributed by atoms with Crippen molar-refractivity contribution in [2.75, 3.05) is 0 Å². The lowest BCUT2D eigenvalue weighted by Crippen LogP contribution is -1.82. The van der Waals surface area contributed by atoms with Crippen LogP contribution in [-0.4, -0.2) is 9.55 Å². The van der Waals surface area contributed by atoms with Gasteiger partial charge in [0.1, 0.15) is 0 Å². The number of halogens is 2. The number of hydrogen-bond acceptors (Lipinski definition) is 1. The second-order valence-corrected chi connectivity index (χ2v) is 2.02. The molecule has 0 spiro atoms. The van der Waals surface area contributed by atoms with Gasteiger partial charge in [-0.15, -0.1) is 17.0 Å². The number of rotatable bonds is 0. The second kappa shape index (κ2) is 3.25. The summed E-state index contributed by atoms with van der Waals surface area (Å²) in [7, 11) is 1.93. The fourth-order valence-electron chi connectivity index (χ4n) is 0.347. The minimum atomic E-state index is 0. The molecule has 0 saturated carbocycles. The van der Waals surface area contributed by atoms with Crippen LogP contribution in [-0.2, 0) is 7.05 Å². The SMILES string of the molecule is Br.Cn1ccnc1Br. The van der Waals surface area contributed by atoms with E-state index in [1.54, 1.807) is 6.20 Å². The van der Waals surface area contributed by atoms with E-state index in [0.29, 0.717) is 0 Å². The van der Waals surface area contributed by atoms with Gasteiger partial charge in [0.05, 0.1) is 0 Å². The maximum Gasteiger partial charge on any atom is 0.176 e. The summed E-state index contributed by atoms with van der Waals surface area (Å²) < 4.78 is 2.76. The number of nitrogens with zero attached hydrogens (tertiary/aromatic N) is 2. The van der Waals surface area contributed by atoms with E-state index in [-0.39, 0.29) is 17.0 Å². The smallest absolute Gasteiger partial charge is 0.176 e. The number of aryl methyl sites for hydroxylation is 1. The Labute approximate surface area is 66.8 Å². The highest BCUT2D eigenvalue weighted by Gasteiger charge is 1.86. The van der Waals surface area contributed by atoms with E-state index in [4.69, 9.17) is 0 Å². The molecular weight excluding hydrogens is 236 g/mol. The van der Waals surface area contributed by atoms with Crippen LogP contribution < -0.4 is 0 Å². The lowest BCUT2D eigenvalue weighted by molar-refractivity contribution is 0.881. The summed E-state index contributed by atoms with van der Waals surface area (Å²) in [5, 5.41) is 0. The molecule has 0 saturated heterocycles. The van der Waals surface area contributed by atoms with E-state index in [1.807, 2.05) is 17.8 Å². The lowest BCUT2D eigenvalue weighted by atomic mass is 10.9. The highest BCUT2D eigenvalue weighted by molar-refractivity contribution is 9.10. The average Bonchev–Trinajstić information content (AvgIpc) is 1.91. The molecule has 0 N–H and O–H groups in total. The van der Waals surface area contributed by atoms with Crippen molar-refractivity contribution < 1.29 is 0 Å². The van der Waals surface area contributed by atoms with Gasteiger partial charge >= 0.3 is 0 Å². The standard InChI is InChI=1S/C4H5BrN2.BrH/c1-7-3-2-6-4(7)5;/h2-3H,1H3;1H. The average molecular weight is 242 g/mol. The molecule has 1 heterocycles. The van der Waals surface area contributed by atoms with E-state index in [2.05, 4.69) is 20.9 Å². The molecular formula is C4H6Br2N2. The first kappa shape index (κ1) is 8.17. The Morgan fingerprint density at radius 2 is 2.38 bits per heavy atom. The van der Waals surface area contributed by atoms with Crippen LogP contribution in [0.5, 0.6) is 0 Å². The number of hydrogen-bond donors (Lipinski definition) is 0. The molecule has 0 amide bonds. The van der Waals surface area contributed by atoms with Crippen LogP contribution in [0.2, 0.25) is 0 Å². The third kappa shape index (κ3) is 1.59. The van der Waals surface area contributed by atoms with Gasteiger partial charge in [0.15, 0.2) is 4.73 Å². The molecule has 46 valence electrons. The summed E-state index contributed by atoms with van der Waals surface area (Å²) in [4.78, 5) is 3.90. The molecule has 8 heavy (non-hydrogen) atoms. The Kier molecular flexibility index (Phi) is 3.31. The molecule has 0 aliphatic rings. The Balaban J connectivity index is 0.000000490. The predicted molar refractivity (Wildman–Crippen MR) is 41.2 cm³/mol. The van der Waals surface area contributed by atoms with Crippen molar-refractivity contribution in [3.63, 3.8) is 0 Å². The van der Waals surface area contributed by atoms with Gasteiger partial charge in [-0.3, -0.25) is 0 Å². The third-order valence-electron chi connectivity index (χ3n) is 0.762. The Hall–Kier alpha value is 0.170. The zero-order valence-corrected chi connectivity index (χ0v) is 7.63. The summed E-state index contributed by atoms with van der Waals surface area (Å²) in [5.74, 6) is 0. The Morgan fingerprint density at radius 1 is 1.75 bits per heavy atom. The van der Waals surface area contributed by atoms with Crippen molar-refractivity contribution in [2.45, 2.75) is 0 Å². The molecule has 0 aliphatic heterocycles. The zero-order valence-electron chi connectivity index (χ0n) is 4.34. The van der Waals surface area contributed by atoms with Crippen molar-refractivity contribution in [2.24, 2.45) is 7.05 Å². The van der Waals surface area contributed by atoms with Gasteiger partial charge in [-0.1, -0.05) is 0 Å². The van der Waals surface area contributed by atoms with E-state index in [9.17, 15) is 0 Å². The molecule has 1 aromatic rings. The largest absolute Gasteiger partial charge is 0.329 e. The van der Waals surface area contributed by atoms with Crippen LogP contribution in [0, 0.1) is 0 Å². The summed E-state index contributed by atoms with van der Waals surface area (Å²) in [6, 6.07) is 0. The van der Waals surface area contributed by atoms with Crippen LogP contribution in [0.25, 0.3) is 0 Å². The van der Waals surface area contributed by atoms with Crippen molar-refractivity contribution in [1.82, 2.24) is 9.55 Å². The van der Waals surface area contributed by atoms with Crippen LogP contribution in [0.3, 0.4) is 0 Å². The first-order valence-corrected chi connectivity index (χ1v) is 2.73. The monoisotopic (exact) mass is 240 g/mol. The molecule has 0 fully saturated rings. The number of imidazole rings is 1. The van der Waals surface area contributed by atoms with E-state index < -0.39 is 0 Å². The number of aromatic nitrogens is 2. The van der Waals surface area contributed by atoms with Gasteiger partial charge < -0.3 is 4.57 Å². The molecule has 0 radical (unpaired) electrons. The van der Waals surface area contributed by atoms with Crippen LogP contribution in [0.15, 0.2) is 17.1 Å². The molecule has 0 aliphatic carbocycles. The quantitative estimate of drug-likeness (QED) is 0.677. The van der Waals surface area contributed by atoms with E-state index >= 15 is 0 Å².